The van der Waals surface area contributed by atoms with Crippen LogP contribution in [0.25, 0.3) is 22.4 Å². The Hall–Kier alpha value is -2.43. The van der Waals surface area contributed by atoms with Crippen molar-refractivity contribution in [2.24, 2.45) is 0 Å². The predicted octanol–water partition coefficient (Wildman–Crippen LogP) is 3.81. The number of nitrogens with one attached hydrogen (secondary N) is 1. The molecule has 0 aliphatic heterocycles. The Labute approximate surface area is 121 Å². The zero-order valence-corrected chi connectivity index (χ0v) is 11.7. The maximum atomic E-state index is 14.4. The number of hydrogen-bond acceptors (Lipinski definition) is 3. The molecule has 0 amide bonds. The van der Waals surface area contributed by atoms with Crippen LogP contribution in [-0.4, -0.2) is 20.1 Å². The molecule has 5 heteroatoms. The molecule has 0 spiro atoms. The van der Waals surface area contributed by atoms with Crippen LogP contribution >= 0.6 is 0 Å². The number of aromatic nitrogens is 3. The lowest BCUT2D eigenvalue weighted by molar-refractivity contribution is 0.433. The van der Waals surface area contributed by atoms with E-state index in [4.69, 9.17) is 0 Å². The normalized spacial score (nSPS) is 11.1. The summed E-state index contributed by atoms with van der Waals surface area (Å²) < 4.78 is 14.4. The van der Waals surface area contributed by atoms with Gasteiger partial charge >= 0.3 is 0 Å². The molecular formula is C16H16FN3O. The van der Waals surface area contributed by atoms with Crippen LogP contribution in [0.15, 0.2) is 30.6 Å². The highest BCUT2D eigenvalue weighted by Crippen LogP contribution is 2.32. The van der Waals surface area contributed by atoms with Crippen LogP contribution in [0.3, 0.4) is 0 Å². The summed E-state index contributed by atoms with van der Waals surface area (Å²) in [4.78, 5) is 11.6. The molecule has 21 heavy (non-hydrogen) atoms. The lowest BCUT2D eigenvalue weighted by atomic mass is 9.99. The number of aryl methyl sites for hydroxylation is 1. The zero-order valence-electron chi connectivity index (χ0n) is 11.7. The number of aromatic amines is 1. The number of phenols is 1. The van der Waals surface area contributed by atoms with Crippen LogP contribution in [0.5, 0.6) is 5.75 Å². The molecular weight excluding hydrogens is 269 g/mol. The minimum atomic E-state index is -0.632. The maximum absolute atomic E-state index is 14.4. The van der Waals surface area contributed by atoms with Gasteiger partial charge in [-0.2, -0.15) is 0 Å². The van der Waals surface area contributed by atoms with Crippen molar-refractivity contribution in [3.63, 3.8) is 0 Å². The SMILES string of the molecule is CCCCc1ccc(O)c(F)c1-c1cnc2[nH]ccc2n1. The van der Waals surface area contributed by atoms with Crippen molar-refractivity contribution in [2.75, 3.05) is 0 Å². The number of unbranched alkanes of at least 4 members (excludes halogenated alkanes) is 1. The van der Waals surface area contributed by atoms with Crippen molar-refractivity contribution in [1.29, 1.82) is 0 Å². The van der Waals surface area contributed by atoms with E-state index in [2.05, 4.69) is 21.9 Å². The summed E-state index contributed by atoms with van der Waals surface area (Å²) in [6, 6.07) is 4.94. The van der Waals surface area contributed by atoms with Crippen LogP contribution in [0, 0.1) is 5.82 Å². The van der Waals surface area contributed by atoms with Gasteiger partial charge in [0.05, 0.1) is 11.9 Å². The van der Waals surface area contributed by atoms with Crippen LogP contribution in [0.2, 0.25) is 0 Å². The summed E-state index contributed by atoms with van der Waals surface area (Å²) in [5.41, 5.74) is 2.98. The number of phenolic OH excluding ortho intramolecular Hbond substituents is 1. The topological polar surface area (TPSA) is 61.8 Å². The molecule has 0 aliphatic rings. The first-order valence-corrected chi connectivity index (χ1v) is 7.01. The van der Waals surface area contributed by atoms with E-state index in [-0.39, 0.29) is 5.75 Å². The highest BCUT2D eigenvalue weighted by Gasteiger charge is 2.17. The molecule has 3 rings (SSSR count). The van der Waals surface area contributed by atoms with Gasteiger partial charge in [-0.3, -0.25) is 0 Å². The van der Waals surface area contributed by atoms with Crippen LogP contribution in [0.4, 0.5) is 4.39 Å². The van der Waals surface area contributed by atoms with E-state index < -0.39 is 5.82 Å². The molecule has 0 bridgehead atoms. The fourth-order valence-electron chi connectivity index (χ4n) is 2.41. The second-order valence-corrected chi connectivity index (χ2v) is 5.00. The third kappa shape index (κ3) is 2.46. The van der Waals surface area contributed by atoms with Gasteiger partial charge in [0, 0.05) is 11.8 Å². The number of hydrogen-bond donors (Lipinski definition) is 2. The summed E-state index contributed by atoms with van der Waals surface area (Å²) in [6.45, 7) is 2.09. The third-order valence-electron chi connectivity index (χ3n) is 3.52. The summed E-state index contributed by atoms with van der Waals surface area (Å²) in [6.07, 6.45) is 5.99. The Morgan fingerprint density at radius 3 is 2.95 bits per heavy atom. The van der Waals surface area contributed by atoms with Crippen molar-refractivity contribution < 1.29 is 9.50 Å². The van der Waals surface area contributed by atoms with E-state index in [9.17, 15) is 9.50 Å². The van der Waals surface area contributed by atoms with Gasteiger partial charge in [-0.15, -0.1) is 0 Å². The van der Waals surface area contributed by atoms with E-state index >= 15 is 0 Å². The molecule has 1 aromatic carbocycles. The van der Waals surface area contributed by atoms with Crippen molar-refractivity contribution in [3.8, 4) is 17.0 Å². The molecule has 0 saturated carbocycles. The third-order valence-corrected chi connectivity index (χ3v) is 3.52. The predicted molar refractivity (Wildman–Crippen MR) is 79.6 cm³/mol. The number of fused-ring (bicyclic) bond motifs is 1. The monoisotopic (exact) mass is 285 g/mol. The van der Waals surface area contributed by atoms with Gasteiger partial charge in [0.1, 0.15) is 5.52 Å². The summed E-state index contributed by atoms with van der Waals surface area (Å²) >= 11 is 0. The van der Waals surface area contributed by atoms with Crippen molar-refractivity contribution in [1.82, 2.24) is 15.0 Å². The van der Waals surface area contributed by atoms with Crippen molar-refractivity contribution in [3.05, 3.63) is 42.0 Å². The molecule has 0 saturated heterocycles. The first-order valence-electron chi connectivity index (χ1n) is 7.01. The molecule has 4 nitrogen and oxygen atoms in total. The molecule has 0 atom stereocenters. The van der Waals surface area contributed by atoms with Gasteiger partial charge in [-0.05, 0) is 30.5 Å². The number of halogens is 1. The Morgan fingerprint density at radius 2 is 2.14 bits per heavy atom. The molecule has 0 fully saturated rings. The minimum absolute atomic E-state index is 0.346. The number of rotatable bonds is 4. The highest BCUT2D eigenvalue weighted by molar-refractivity contribution is 5.75. The quantitative estimate of drug-likeness (QED) is 0.766. The summed E-state index contributed by atoms with van der Waals surface area (Å²) in [5, 5.41) is 9.66. The van der Waals surface area contributed by atoms with E-state index in [0.29, 0.717) is 22.4 Å². The first-order chi connectivity index (χ1) is 10.2. The van der Waals surface area contributed by atoms with Crippen LogP contribution in [-0.2, 0) is 6.42 Å². The van der Waals surface area contributed by atoms with E-state index in [1.54, 1.807) is 18.3 Å². The van der Waals surface area contributed by atoms with Crippen molar-refractivity contribution >= 4 is 11.2 Å². The summed E-state index contributed by atoms with van der Waals surface area (Å²) in [5.74, 6) is -0.992. The first kappa shape index (κ1) is 13.5. The van der Waals surface area contributed by atoms with E-state index in [0.717, 1.165) is 24.8 Å². The number of aromatic hydroxyl groups is 1. The molecule has 0 aliphatic carbocycles. The molecule has 3 aromatic rings. The van der Waals surface area contributed by atoms with Gasteiger partial charge in [-0.25, -0.2) is 14.4 Å². The second-order valence-electron chi connectivity index (χ2n) is 5.00. The Bertz CT molecular complexity index is 782. The number of H-pyrrole nitrogens is 1. The van der Waals surface area contributed by atoms with Crippen LogP contribution in [0.1, 0.15) is 25.3 Å². The smallest absolute Gasteiger partial charge is 0.174 e. The zero-order chi connectivity index (χ0) is 14.8. The molecule has 2 heterocycles. The Kier molecular flexibility index (Phi) is 3.56. The fraction of sp³-hybridized carbons (Fsp3) is 0.250. The van der Waals surface area contributed by atoms with Gasteiger partial charge in [0.15, 0.2) is 17.2 Å². The molecule has 2 N–H and O–H groups in total. The fourth-order valence-corrected chi connectivity index (χ4v) is 2.41. The Morgan fingerprint density at radius 1 is 1.29 bits per heavy atom. The average Bonchev–Trinajstić information content (AvgIpc) is 2.96. The number of nitrogens with zero attached hydrogens (tertiary/aromatic N) is 2. The number of benzene rings is 1. The second kappa shape index (κ2) is 5.52. The minimum Gasteiger partial charge on any atom is -0.505 e. The van der Waals surface area contributed by atoms with Gasteiger partial charge < -0.3 is 10.1 Å². The Balaban J connectivity index is 2.16. The maximum Gasteiger partial charge on any atom is 0.174 e. The van der Waals surface area contributed by atoms with Crippen LogP contribution < -0.4 is 0 Å². The van der Waals surface area contributed by atoms with Gasteiger partial charge in [-0.1, -0.05) is 19.4 Å². The van der Waals surface area contributed by atoms with E-state index in [1.807, 2.05) is 0 Å². The highest BCUT2D eigenvalue weighted by atomic mass is 19.1. The van der Waals surface area contributed by atoms with E-state index in [1.165, 1.54) is 12.3 Å². The summed E-state index contributed by atoms with van der Waals surface area (Å²) in [7, 11) is 0. The van der Waals surface area contributed by atoms with Gasteiger partial charge in [0.2, 0.25) is 0 Å². The van der Waals surface area contributed by atoms with Gasteiger partial charge in [0.25, 0.3) is 0 Å². The molecule has 108 valence electrons. The standard InChI is InChI=1S/C16H16FN3O/c1-2-3-4-10-5-6-13(21)15(17)14(10)12-9-19-16-11(20-12)7-8-18-16/h5-9,21H,2-4H2,1H3,(H,18,19). The molecule has 0 radical (unpaired) electrons. The molecule has 2 aromatic heterocycles. The molecule has 0 unspecified atom stereocenters. The largest absolute Gasteiger partial charge is 0.505 e. The lowest BCUT2D eigenvalue weighted by Gasteiger charge is -2.11. The lowest BCUT2D eigenvalue weighted by Crippen LogP contribution is -1.97. The average molecular weight is 285 g/mol. The van der Waals surface area contributed by atoms with Crippen molar-refractivity contribution in [2.45, 2.75) is 26.2 Å².